The summed E-state index contributed by atoms with van der Waals surface area (Å²) in [5.74, 6) is -2.85. The van der Waals surface area contributed by atoms with E-state index < -0.39 is 22.5 Å². The molecular weight excluding hydrogens is 256 g/mol. The minimum atomic E-state index is -3.50. The van der Waals surface area contributed by atoms with E-state index in [1.54, 1.807) is 0 Å². The summed E-state index contributed by atoms with van der Waals surface area (Å²) in [6, 6.07) is 0. The molecule has 0 bridgehead atoms. The number of halogens is 3. The highest BCUT2D eigenvalue weighted by atomic mass is 79.9. The van der Waals surface area contributed by atoms with Crippen LogP contribution in [0.1, 0.15) is 6.42 Å². The van der Waals surface area contributed by atoms with Gasteiger partial charge in [-0.3, -0.25) is 0 Å². The fourth-order valence-corrected chi connectivity index (χ4v) is 2.77. The molecule has 1 rings (SSSR count). The Hall–Kier alpha value is 0.250. The van der Waals surface area contributed by atoms with Gasteiger partial charge in [0.2, 0.25) is 10.0 Å². The van der Waals surface area contributed by atoms with E-state index in [9.17, 15) is 17.2 Å². The summed E-state index contributed by atoms with van der Waals surface area (Å²) in [5, 5.41) is 0. The van der Waals surface area contributed by atoms with Gasteiger partial charge in [-0.1, -0.05) is 15.9 Å². The molecule has 1 aliphatic heterocycles. The maximum Gasteiger partial charge on any atom is 0.262 e. The van der Waals surface area contributed by atoms with Crippen LogP contribution in [0.4, 0.5) is 8.78 Å². The lowest BCUT2D eigenvalue weighted by molar-refractivity contribution is 0.0184. The predicted molar refractivity (Wildman–Crippen MR) is 43.9 cm³/mol. The standard InChI is InChI=1S/C5H8BrF2NO2S/c6-4-12(10,11)9-2-1-5(7,8)3-9/h1-4H2. The van der Waals surface area contributed by atoms with Crippen LogP contribution in [0.2, 0.25) is 0 Å². The predicted octanol–water partition coefficient (Wildman–Crippen LogP) is 1.01. The van der Waals surface area contributed by atoms with Gasteiger partial charge in [-0.15, -0.1) is 0 Å². The normalized spacial score (nSPS) is 24.6. The zero-order valence-electron chi connectivity index (χ0n) is 6.13. The summed E-state index contributed by atoms with van der Waals surface area (Å²) in [7, 11) is -3.50. The van der Waals surface area contributed by atoms with Crippen LogP contribution in [0.3, 0.4) is 0 Å². The molecule has 0 saturated carbocycles. The third-order valence-electron chi connectivity index (χ3n) is 1.67. The molecule has 12 heavy (non-hydrogen) atoms. The van der Waals surface area contributed by atoms with E-state index in [0.717, 1.165) is 4.31 Å². The Morgan fingerprint density at radius 1 is 1.50 bits per heavy atom. The van der Waals surface area contributed by atoms with Gasteiger partial charge < -0.3 is 0 Å². The van der Waals surface area contributed by atoms with Crippen molar-refractivity contribution in [1.82, 2.24) is 4.31 Å². The van der Waals surface area contributed by atoms with Gasteiger partial charge in [-0.2, -0.15) is 4.31 Å². The number of hydrogen-bond donors (Lipinski definition) is 0. The number of rotatable bonds is 2. The van der Waals surface area contributed by atoms with E-state index in [1.807, 2.05) is 0 Å². The van der Waals surface area contributed by atoms with Gasteiger partial charge in [0, 0.05) is 13.0 Å². The Bertz CT molecular complexity index is 267. The van der Waals surface area contributed by atoms with Crippen LogP contribution in [0.15, 0.2) is 0 Å². The van der Waals surface area contributed by atoms with Crippen molar-refractivity contribution in [1.29, 1.82) is 0 Å². The third kappa shape index (κ3) is 2.14. The van der Waals surface area contributed by atoms with Crippen LogP contribution in [0, 0.1) is 0 Å². The summed E-state index contributed by atoms with van der Waals surface area (Å²) >= 11 is 2.74. The molecule has 0 aromatic carbocycles. The van der Waals surface area contributed by atoms with Gasteiger partial charge in [0.25, 0.3) is 5.92 Å². The second-order valence-corrected chi connectivity index (χ2v) is 5.93. The number of alkyl halides is 3. The molecule has 3 nitrogen and oxygen atoms in total. The molecule has 0 atom stereocenters. The van der Waals surface area contributed by atoms with Gasteiger partial charge in [0.1, 0.15) is 4.66 Å². The van der Waals surface area contributed by atoms with E-state index in [1.165, 1.54) is 0 Å². The molecule has 0 spiro atoms. The molecule has 0 amide bonds. The van der Waals surface area contributed by atoms with E-state index in [2.05, 4.69) is 15.9 Å². The Kier molecular flexibility index (Phi) is 2.75. The largest absolute Gasteiger partial charge is 0.262 e. The van der Waals surface area contributed by atoms with E-state index >= 15 is 0 Å². The number of nitrogens with zero attached hydrogens (tertiary/aromatic N) is 1. The van der Waals surface area contributed by atoms with Crippen LogP contribution >= 0.6 is 15.9 Å². The first-order valence-electron chi connectivity index (χ1n) is 3.29. The van der Waals surface area contributed by atoms with Gasteiger partial charge in [0.15, 0.2) is 0 Å². The van der Waals surface area contributed by atoms with Crippen LogP contribution in [0.25, 0.3) is 0 Å². The van der Waals surface area contributed by atoms with Gasteiger partial charge in [0.05, 0.1) is 6.54 Å². The molecule has 0 radical (unpaired) electrons. The smallest absolute Gasteiger partial charge is 0.211 e. The molecule has 0 N–H and O–H groups in total. The molecule has 0 aliphatic carbocycles. The topological polar surface area (TPSA) is 37.4 Å². The average molecular weight is 264 g/mol. The highest BCUT2D eigenvalue weighted by molar-refractivity contribution is 9.10. The van der Waals surface area contributed by atoms with Crippen molar-refractivity contribution in [2.45, 2.75) is 12.3 Å². The average Bonchev–Trinajstić information content (AvgIpc) is 2.31. The Morgan fingerprint density at radius 2 is 2.08 bits per heavy atom. The number of hydrogen-bond acceptors (Lipinski definition) is 2. The van der Waals surface area contributed by atoms with Crippen LogP contribution in [-0.4, -0.2) is 36.4 Å². The molecule has 1 fully saturated rings. The zero-order valence-corrected chi connectivity index (χ0v) is 8.54. The lowest BCUT2D eigenvalue weighted by Crippen LogP contribution is -2.31. The maximum atomic E-state index is 12.5. The molecule has 7 heteroatoms. The summed E-state index contributed by atoms with van der Waals surface area (Å²) in [5.41, 5.74) is 0. The first kappa shape index (κ1) is 10.3. The molecule has 1 heterocycles. The van der Waals surface area contributed by atoms with E-state index in [4.69, 9.17) is 0 Å². The van der Waals surface area contributed by atoms with Crippen LogP contribution < -0.4 is 0 Å². The lowest BCUT2D eigenvalue weighted by Gasteiger charge is -2.13. The molecule has 72 valence electrons. The minimum Gasteiger partial charge on any atom is -0.211 e. The molecule has 0 unspecified atom stereocenters. The fraction of sp³-hybridized carbons (Fsp3) is 1.00. The molecule has 0 aromatic rings. The Labute approximate surface area is 77.9 Å². The lowest BCUT2D eigenvalue weighted by atomic mass is 10.3. The molecular formula is C5H8BrF2NO2S. The summed E-state index contributed by atoms with van der Waals surface area (Å²) in [6.07, 6.45) is -0.376. The van der Waals surface area contributed by atoms with Crippen molar-refractivity contribution in [3.05, 3.63) is 0 Å². The van der Waals surface area contributed by atoms with Crippen molar-refractivity contribution in [3.63, 3.8) is 0 Å². The van der Waals surface area contributed by atoms with E-state index in [-0.39, 0.29) is 17.6 Å². The first-order chi connectivity index (χ1) is 5.37. The second kappa shape index (κ2) is 3.19. The maximum absolute atomic E-state index is 12.5. The minimum absolute atomic E-state index is 0.0824. The summed E-state index contributed by atoms with van der Waals surface area (Å²) < 4.78 is 47.7. The van der Waals surface area contributed by atoms with E-state index in [0.29, 0.717) is 0 Å². The summed E-state index contributed by atoms with van der Waals surface area (Å²) in [4.78, 5) is 0. The van der Waals surface area contributed by atoms with Crippen LogP contribution in [-0.2, 0) is 10.0 Å². The van der Waals surface area contributed by atoms with Gasteiger partial charge >= 0.3 is 0 Å². The van der Waals surface area contributed by atoms with Gasteiger partial charge in [-0.25, -0.2) is 17.2 Å². The van der Waals surface area contributed by atoms with Crippen molar-refractivity contribution in [2.24, 2.45) is 0 Å². The van der Waals surface area contributed by atoms with Gasteiger partial charge in [-0.05, 0) is 0 Å². The molecule has 1 saturated heterocycles. The molecule has 1 aliphatic rings. The van der Waals surface area contributed by atoms with Crippen molar-refractivity contribution in [2.75, 3.05) is 17.8 Å². The Balaban J connectivity index is 2.71. The quantitative estimate of drug-likeness (QED) is 0.698. The van der Waals surface area contributed by atoms with Crippen molar-refractivity contribution in [3.8, 4) is 0 Å². The third-order valence-corrected chi connectivity index (χ3v) is 4.78. The van der Waals surface area contributed by atoms with Crippen LogP contribution in [0.5, 0.6) is 0 Å². The highest BCUT2D eigenvalue weighted by Gasteiger charge is 2.42. The SMILES string of the molecule is O=S(=O)(CBr)N1CCC(F)(F)C1. The fourth-order valence-electron chi connectivity index (χ4n) is 1.01. The van der Waals surface area contributed by atoms with Crippen molar-refractivity contribution < 1.29 is 17.2 Å². The van der Waals surface area contributed by atoms with Crippen molar-refractivity contribution >= 4 is 26.0 Å². The molecule has 0 aromatic heterocycles. The second-order valence-electron chi connectivity index (χ2n) is 2.66. The number of sulfonamides is 1. The Morgan fingerprint density at radius 3 is 2.42 bits per heavy atom. The zero-order chi connectivity index (χ0) is 9.41. The monoisotopic (exact) mass is 263 g/mol. The summed E-state index contributed by atoms with van der Waals surface area (Å²) in [6.45, 7) is -0.762. The highest BCUT2D eigenvalue weighted by Crippen LogP contribution is 2.28. The first-order valence-corrected chi connectivity index (χ1v) is 6.02.